The standard InChI is InChI=1S/C23H27BrN2O2/c1-2-28-22-8-7-21(24)15-20(22)6-9-23(27)26-12-10-18(11-13-26)19-5-3-4-17(14-19)16-25/h3-9,14-15,18H,2,10-13,16,25H2,1H3/b9-6+. The quantitative estimate of drug-likeness (QED) is 0.657. The molecule has 28 heavy (non-hydrogen) atoms. The predicted octanol–water partition coefficient (Wildman–Crippen LogP) is 4.73. The van der Waals surface area contributed by atoms with Crippen LogP contribution in [0.15, 0.2) is 53.0 Å². The SMILES string of the molecule is CCOc1ccc(Br)cc1/C=C/C(=O)N1CCC(c2cccc(CN)c2)CC1. The number of piperidine rings is 1. The van der Waals surface area contributed by atoms with Crippen LogP contribution in [0.1, 0.15) is 42.4 Å². The first-order valence-corrected chi connectivity index (χ1v) is 10.6. The summed E-state index contributed by atoms with van der Waals surface area (Å²) < 4.78 is 6.61. The van der Waals surface area contributed by atoms with Gasteiger partial charge in [0.25, 0.3) is 0 Å². The fourth-order valence-electron chi connectivity index (χ4n) is 3.61. The smallest absolute Gasteiger partial charge is 0.246 e. The molecule has 3 rings (SSSR count). The third kappa shape index (κ3) is 5.24. The summed E-state index contributed by atoms with van der Waals surface area (Å²) in [7, 11) is 0. The van der Waals surface area contributed by atoms with Crippen LogP contribution in [0.3, 0.4) is 0 Å². The molecule has 2 aromatic rings. The lowest BCUT2D eigenvalue weighted by atomic mass is 9.88. The first-order valence-electron chi connectivity index (χ1n) is 9.79. The maximum absolute atomic E-state index is 12.6. The number of carbonyl (C=O) groups excluding carboxylic acids is 1. The van der Waals surface area contributed by atoms with E-state index in [0.29, 0.717) is 19.1 Å². The van der Waals surface area contributed by atoms with Gasteiger partial charge in [0.2, 0.25) is 5.91 Å². The van der Waals surface area contributed by atoms with E-state index in [9.17, 15) is 4.79 Å². The molecule has 1 saturated heterocycles. The highest BCUT2D eigenvalue weighted by Gasteiger charge is 2.22. The molecule has 1 aliphatic heterocycles. The Balaban J connectivity index is 1.61. The molecule has 0 unspecified atom stereocenters. The zero-order chi connectivity index (χ0) is 19.9. The molecular formula is C23H27BrN2O2. The molecule has 0 aliphatic carbocycles. The first-order chi connectivity index (χ1) is 13.6. The van der Waals surface area contributed by atoms with E-state index in [-0.39, 0.29) is 5.91 Å². The number of nitrogens with zero attached hydrogens (tertiary/aromatic N) is 1. The van der Waals surface area contributed by atoms with Gasteiger partial charge in [-0.3, -0.25) is 4.79 Å². The predicted molar refractivity (Wildman–Crippen MR) is 117 cm³/mol. The van der Waals surface area contributed by atoms with Crippen molar-refractivity contribution >= 4 is 27.9 Å². The van der Waals surface area contributed by atoms with Crippen molar-refractivity contribution < 1.29 is 9.53 Å². The molecule has 1 amide bonds. The van der Waals surface area contributed by atoms with Crippen molar-refractivity contribution in [3.63, 3.8) is 0 Å². The van der Waals surface area contributed by atoms with Crippen LogP contribution in [0.5, 0.6) is 5.75 Å². The van der Waals surface area contributed by atoms with Gasteiger partial charge in [0.1, 0.15) is 5.75 Å². The largest absolute Gasteiger partial charge is 0.493 e. The lowest BCUT2D eigenvalue weighted by Gasteiger charge is -2.31. The molecule has 0 saturated carbocycles. The molecule has 4 nitrogen and oxygen atoms in total. The molecule has 2 aromatic carbocycles. The van der Waals surface area contributed by atoms with E-state index in [1.165, 1.54) is 5.56 Å². The number of hydrogen-bond donors (Lipinski definition) is 1. The Bertz CT molecular complexity index is 842. The second kappa shape index (κ2) is 9.89. The lowest BCUT2D eigenvalue weighted by molar-refractivity contribution is -0.126. The van der Waals surface area contributed by atoms with Gasteiger partial charge in [0.15, 0.2) is 0 Å². The summed E-state index contributed by atoms with van der Waals surface area (Å²) in [6.45, 7) is 4.66. The molecule has 2 N–H and O–H groups in total. The highest BCUT2D eigenvalue weighted by molar-refractivity contribution is 9.10. The van der Waals surface area contributed by atoms with Crippen molar-refractivity contribution in [1.82, 2.24) is 4.90 Å². The number of carbonyl (C=O) groups is 1. The molecule has 0 spiro atoms. The normalized spacial score (nSPS) is 15.2. The Labute approximate surface area is 175 Å². The van der Waals surface area contributed by atoms with Crippen LogP contribution in [-0.2, 0) is 11.3 Å². The summed E-state index contributed by atoms with van der Waals surface area (Å²) >= 11 is 3.48. The Morgan fingerprint density at radius 2 is 2.04 bits per heavy atom. The topological polar surface area (TPSA) is 55.6 Å². The summed E-state index contributed by atoms with van der Waals surface area (Å²) in [4.78, 5) is 14.6. The highest BCUT2D eigenvalue weighted by Crippen LogP contribution is 2.29. The van der Waals surface area contributed by atoms with Crippen LogP contribution in [0.4, 0.5) is 0 Å². The van der Waals surface area contributed by atoms with E-state index >= 15 is 0 Å². The zero-order valence-corrected chi connectivity index (χ0v) is 17.8. The van der Waals surface area contributed by atoms with Gasteiger partial charge < -0.3 is 15.4 Å². The maximum Gasteiger partial charge on any atom is 0.246 e. The Kier molecular flexibility index (Phi) is 7.29. The second-order valence-electron chi connectivity index (χ2n) is 7.00. The zero-order valence-electron chi connectivity index (χ0n) is 16.2. The minimum Gasteiger partial charge on any atom is -0.493 e. The molecule has 0 atom stereocenters. The van der Waals surface area contributed by atoms with Crippen LogP contribution in [0.2, 0.25) is 0 Å². The first kappa shape index (κ1) is 20.6. The molecule has 0 radical (unpaired) electrons. The number of hydrogen-bond acceptors (Lipinski definition) is 3. The monoisotopic (exact) mass is 442 g/mol. The van der Waals surface area contributed by atoms with Gasteiger partial charge in [-0.05, 0) is 61.1 Å². The van der Waals surface area contributed by atoms with Crippen LogP contribution < -0.4 is 10.5 Å². The van der Waals surface area contributed by atoms with E-state index in [1.807, 2.05) is 36.1 Å². The van der Waals surface area contributed by atoms with Crippen molar-refractivity contribution in [1.29, 1.82) is 0 Å². The van der Waals surface area contributed by atoms with Gasteiger partial charge in [-0.1, -0.05) is 40.2 Å². The number of amides is 1. The third-order valence-electron chi connectivity index (χ3n) is 5.14. The van der Waals surface area contributed by atoms with Crippen molar-refractivity contribution in [2.24, 2.45) is 5.73 Å². The van der Waals surface area contributed by atoms with Crippen molar-refractivity contribution in [3.8, 4) is 5.75 Å². The maximum atomic E-state index is 12.6. The molecule has 1 aliphatic rings. The molecule has 1 heterocycles. The average Bonchev–Trinajstić information content (AvgIpc) is 2.74. The fraction of sp³-hybridized carbons (Fsp3) is 0.348. The van der Waals surface area contributed by atoms with Gasteiger partial charge in [-0.2, -0.15) is 0 Å². The van der Waals surface area contributed by atoms with Crippen molar-refractivity contribution in [2.45, 2.75) is 32.2 Å². The van der Waals surface area contributed by atoms with Gasteiger partial charge >= 0.3 is 0 Å². The van der Waals surface area contributed by atoms with Crippen LogP contribution in [0.25, 0.3) is 6.08 Å². The summed E-state index contributed by atoms with van der Waals surface area (Å²) in [5.74, 6) is 1.33. The van der Waals surface area contributed by atoms with E-state index in [4.69, 9.17) is 10.5 Å². The number of halogens is 1. The van der Waals surface area contributed by atoms with E-state index in [1.54, 1.807) is 6.08 Å². The van der Waals surface area contributed by atoms with Crippen LogP contribution in [0, 0.1) is 0 Å². The molecule has 5 heteroatoms. The average molecular weight is 443 g/mol. The highest BCUT2D eigenvalue weighted by atomic mass is 79.9. The van der Waals surface area contributed by atoms with E-state index in [0.717, 1.165) is 47.3 Å². The summed E-state index contributed by atoms with van der Waals surface area (Å²) in [5.41, 5.74) is 9.16. The number of rotatable bonds is 6. The third-order valence-corrected chi connectivity index (χ3v) is 5.64. The summed E-state index contributed by atoms with van der Waals surface area (Å²) in [5, 5.41) is 0. The number of nitrogens with two attached hydrogens (primary N) is 1. The van der Waals surface area contributed by atoms with Gasteiger partial charge in [-0.15, -0.1) is 0 Å². The molecule has 0 bridgehead atoms. The van der Waals surface area contributed by atoms with E-state index in [2.05, 4.69) is 40.2 Å². The van der Waals surface area contributed by atoms with Crippen LogP contribution >= 0.6 is 15.9 Å². The van der Waals surface area contributed by atoms with E-state index < -0.39 is 0 Å². The molecule has 148 valence electrons. The number of likely N-dealkylation sites (tertiary alicyclic amines) is 1. The van der Waals surface area contributed by atoms with Gasteiger partial charge in [0, 0.05) is 35.7 Å². The fourth-order valence-corrected chi connectivity index (χ4v) is 3.99. The summed E-state index contributed by atoms with van der Waals surface area (Å²) in [6.07, 6.45) is 5.46. The summed E-state index contributed by atoms with van der Waals surface area (Å²) in [6, 6.07) is 14.3. The molecular weight excluding hydrogens is 416 g/mol. The Hall–Kier alpha value is -2.11. The lowest BCUT2D eigenvalue weighted by Crippen LogP contribution is -2.36. The minimum absolute atomic E-state index is 0.0524. The Morgan fingerprint density at radius 3 is 2.75 bits per heavy atom. The van der Waals surface area contributed by atoms with Crippen molar-refractivity contribution in [2.75, 3.05) is 19.7 Å². The van der Waals surface area contributed by atoms with Gasteiger partial charge in [-0.25, -0.2) is 0 Å². The van der Waals surface area contributed by atoms with Crippen LogP contribution in [-0.4, -0.2) is 30.5 Å². The van der Waals surface area contributed by atoms with Crippen molar-refractivity contribution in [3.05, 3.63) is 69.7 Å². The number of benzene rings is 2. The number of ether oxygens (including phenoxy) is 1. The minimum atomic E-state index is 0.0524. The Morgan fingerprint density at radius 1 is 1.25 bits per heavy atom. The second-order valence-corrected chi connectivity index (χ2v) is 7.91. The molecule has 1 fully saturated rings. The molecule has 0 aromatic heterocycles. The van der Waals surface area contributed by atoms with Gasteiger partial charge in [0.05, 0.1) is 6.61 Å².